The Balaban J connectivity index is 1.54. The lowest BCUT2D eigenvalue weighted by Gasteiger charge is -2.23. The lowest BCUT2D eigenvalue weighted by atomic mass is 10.1. The lowest BCUT2D eigenvalue weighted by molar-refractivity contribution is -0.121. The van der Waals surface area contributed by atoms with Crippen LogP contribution in [-0.2, 0) is 17.8 Å². The van der Waals surface area contributed by atoms with E-state index in [2.05, 4.69) is 29.7 Å². The van der Waals surface area contributed by atoms with Crippen LogP contribution in [0.15, 0.2) is 48.5 Å². The zero-order valence-corrected chi connectivity index (χ0v) is 14.8. The minimum Gasteiger partial charge on any atom is -0.489 e. The van der Waals surface area contributed by atoms with Gasteiger partial charge in [0, 0.05) is 12.6 Å². The van der Waals surface area contributed by atoms with E-state index in [9.17, 15) is 4.79 Å². The average molecular weight is 338 g/mol. The first-order valence-electron chi connectivity index (χ1n) is 8.97. The van der Waals surface area contributed by atoms with Crippen molar-refractivity contribution in [3.63, 3.8) is 0 Å². The molecule has 2 aromatic rings. The van der Waals surface area contributed by atoms with Gasteiger partial charge >= 0.3 is 0 Å². The minimum absolute atomic E-state index is 0.0738. The molecule has 1 fully saturated rings. The highest BCUT2D eigenvalue weighted by molar-refractivity contribution is 5.79. The first kappa shape index (κ1) is 17.5. The van der Waals surface area contributed by atoms with Gasteiger partial charge < -0.3 is 15.4 Å². The largest absolute Gasteiger partial charge is 0.489 e. The summed E-state index contributed by atoms with van der Waals surface area (Å²) < 4.78 is 5.90. The summed E-state index contributed by atoms with van der Waals surface area (Å²) in [6, 6.07) is 16.3. The quantitative estimate of drug-likeness (QED) is 0.851. The topological polar surface area (TPSA) is 50.4 Å². The molecule has 1 saturated heterocycles. The number of benzene rings is 2. The van der Waals surface area contributed by atoms with Crippen LogP contribution in [0.1, 0.15) is 29.5 Å². The number of amides is 1. The number of aryl methyl sites for hydroxylation is 1. The third kappa shape index (κ3) is 5.33. The first-order chi connectivity index (χ1) is 12.2. The van der Waals surface area contributed by atoms with Crippen molar-refractivity contribution in [2.75, 3.05) is 13.1 Å². The monoisotopic (exact) mass is 338 g/mol. The fourth-order valence-electron chi connectivity index (χ4n) is 3.12. The summed E-state index contributed by atoms with van der Waals surface area (Å²) in [5, 5.41) is 6.43. The Morgan fingerprint density at radius 1 is 1.24 bits per heavy atom. The first-order valence-corrected chi connectivity index (χ1v) is 8.97. The molecule has 0 saturated carbocycles. The zero-order valence-electron chi connectivity index (χ0n) is 14.8. The Hall–Kier alpha value is -2.33. The van der Waals surface area contributed by atoms with Gasteiger partial charge in [-0.05, 0) is 55.1 Å². The smallest absolute Gasteiger partial charge is 0.224 e. The van der Waals surface area contributed by atoms with Crippen LogP contribution in [0.25, 0.3) is 0 Å². The number of hydrogen-bond donors (Lipinski definition) is 2. The molecule has 4 heteroatoms. The van der Waals surface area contributed by atoms with E-state index >= 15 is 0 Å². The molecule has 0 aliphatic carbocycles. The van der Waals surface area contributed by atoms with E-state index in [1.807, 2.05) is 36.4 Å². The van der Waals surface area contributed by atoms with Crippen LogP contribution in [0, 0.1) is 6.92 Å². The van der Waals surface area contributed by atoms with Gasteiger partial charge in [-0.15, -0.1) is 0 Å². The van der Waals surface area contributed by atoms with Gasteiger partial charge in [0.1, 0.15) is 12.4 Å². The van der Waals surface area contributed by atoms with Crippen molar-refractivity contribution in [3.8, 4) is 5.75 Å². The Labute approximate surface area is 149 Å². The van der Waals surface area contributed by atoms with E-state index in [4.69, 9.17) is 4.74 Å². The van der Waals surface area contributed by atoms with E-state index in [1.54, 1.807) is 0 Å². The molecule has 1 unspecified atom stereocenters. The predicted octanol–water partition coefficient (Wildman–Crippen LogP) is 2.98. The number of nitrogens with one attached hydrogen (secondary N) is 2. The predicted molar refractivity (Wildman–Crippen MR) is 99.7 cm³/mol. The molecule has 4 nitrogen and oxygen atoms in total. The summed E-state index contributed by atoms with van der Waals surface area (Å²) in [5.74, 6) is 0.873. The van der Waals surface area contributed by atoms with E-state index < -0.39 is 0 Å². The van der Waals surface area contributed by atoms with Gasteiger partial charge in [-0.25, -0.2) is 0 Å². The molecule has 1 aliphatic rings. The van der Waals surface area contributed by atoms with Crippen LogP contribution < -0.4 is 15.4 Å². The Morgan fingerprint density at radius 2 is 2.12 bits per heavy atom. The van der Waals surface area contributed by atoms with E-state index in [-0.39, 0.29) is 11.9 Å². The standard InChI is InChI=1S/C21H26N2O2/c1-16-6-2-3-8-18(16)15-25-20-10-4-7-17(12-20)13-21(24)23-19-9-5-11-22-14-19/h2-4,6-8,10,12,19,22H,5,9,11,13-15H2,1H3,(H,23,24). The maximum Gasteiger partial charge on any atom is 0.224 e. The van der Waals surface area contributed by atoms with Crippen molar-refractivity contribution >= 4 is 5.91 Å². The number of piperidine rings is 1. The molecule has 1 atom stereocenters. The van der Waals surface area contributed by atoms with Crippen LogP contribution in [0.4, 0.5) is 0 Å². The van der Waals surface area contributed by atoms with Gasteiger partial charge in [0.15, 0.2) is 0 Å². The van der Waals surface area contributed by atoms with Crippen LogP contribution in [0.2, 0.25) is 0 Å². The lowest BCUT2D eigenvalue weighted by Crippen LogP contribution is -2.46. The van der Waals surface area contributed by atoms with Crippen molar-refractivity contribution in [2.24, 2.45) is 0 Å². The van der Waals surface area contributed by atoms with Crippen LogP contribution in [0.3, 0.4) is 0 Å². The second kappa shape index (κ2) is 8.67. The molecule has 0 bridgehead atoms. The molecule has 1 aliphatic heterocycles. The van der Waals surface area contributed by atoms with Gasteiger partial charge in [0.2, 0.25) is 5.91 Å². The summed E-state index contributed by atoms with van der Waals surface area (Å²) in [5.41, 5.74) is 3.37. The van der Waals surface area contributed by atoms with Gasteiger partial charge in [-0.2, -0.15) is 0 Å². The maximum atomic E-state index is 12.2. The normalized spacial score (nSPS) is 17.1. The van der Waals surface area contributed by atoms with Gasteiger partial charge in [0.25, 0.3) is 0 Å². The van der Waals surface area contributed by atoms with Crippen LogP contribution in [0.5, 0.6) is 5.75 Å². The maximum absolute atomic E-state index is 12.2. The van der Waals surface area contributed by atoms with E-state index in [0.717, 1.165) is 37.2 Å². The highest BCUT2D eigenvalue weighted by atomic mass is 16.5. The van der Waals surface area contributed by atoms with Gasteiger partial charge in [-0.3, -0.25) is 4.79 Å². The van der Waals surface area contributed by atoms with E-state index in [1.165, 1.54) is 11.1 Å². The highest BCUT2D eigenvalue weighted by Crippen LogP contribution is 2.17. The number of carbonyl (C=O) groups is 1. The third-order valence-electron chi connectivity index (χ3n) is 4.58. The Bertz CT molecular complexity index is 709. The summed E-state index contributed by atoms with van der Waals surface area (Å²) in [6.45, 7) is 4.54. The molecule has 2 aromatic carbocycles. The average Bonchev–Trinajstić information content (AvgIpc) is 2.62. The molecule has 1 amide bonds. The number of rotatable bonds is 6. The SMILES string of the molecule is Cc1ccccc1COc1cccc(CC(=O)NC2CCCNC2)c1. The van der Waals surface area contributed by atoms with Crippen molar-refractivity contribution in [2.45, 2.75) is 38.8 Å². The van der Waals surface area contributed by atoms with Crippen LogP contribution >= 0.6 is 0 Å². The number of carbonyl (C=O) groups excluding carboxylic acids is 1. The summed E-state index contributed by atoms with van der Waals surface area (Å²) >= 11 is 0. The fraction of sp³-hybridized carbons (Fsp3) is 0.381. The number of ether oxygens (including phenoxy) is 1. The van der Waals surface area contributed by atoms with Crippen molar-refractivity contribution in [1.29, 1.82) is 0 Å². The summed E-state index contributed by atoms with van der Waals surface area (Å²) in [7, 11) is 0. The van der Waals surface area contributed by atoms with Crippen LogP contribution in [-0.4, -0.2) is 25.0 Å². The molecular formula is C21H26N2O2. The fourth-order valence-corrected chi connectivity index (χ4v) is 3.12. The van der Waals surface area contributed by atoms with Gasteiger partial charge in [-0.1, -0.05) is 36.4 Å². The van der Waals surface area contributed by atoms with E-state index in [0.29, 0.717) is 13.0 Å². The molecule has 1 heterocycles. The third-order valence-corrected chi connectivity index (χ3v) is 4.58. The summed E-state index contributed by atoms with van der Waals surface area (Å²) in [4.78, 5) is 12.2. The highest BCUT2D eigenvalue weighted by Gasteiger charge is 2.15. The Kier molecular flexibility index (Phi) is 6.07. The second-order valence-corrected chi connectivity index (χ2v) is 6.65. The molecule has 132 valence electrons. The number of hydrogen-bond acceptors (Lipinski definition) is 3. The molecule has 2 N–H and O–H groups in total. The molecule has 0 aromatic heterocycles. The molecule has 0 spiro atoms. The van der Waals surface area contributed by atoms with Gasteiger partial charge in [0.05, 0.1) is 6.42 Å². The summed E-state index contributed by atoms with van der Waals surface area (Å²) in [6.07, 6.45) is 2.56. The Morgan fingerprint density at radius 3 is 2.92 bits per heavy atom. The minimum atomic E-state index is 0.0738. The van der Waals surface area contributed by atoms with Crippen molar-refractivity contribution in [3.05, 3.63) is 65.2 Å². The van der Waals surface area contributed by atoms with Crippen molar-refractivity contribution < 1.29 is 9.53 Å². The molecule has 0 radical (unpaired) electrons. The zero-order chi connectivity index (χ0) is 17.5. The molecule has 3 rings (SSSR count). The second-order valence-electron chi connectivity index (χ2n) is 6.65. The molecular weight excluding hydrogens is 312 g/mol. The van der Waals surface area contributed by atoms with Crippen molar-refractivity contribution in [1.82, 2.24) is 10.6 Å². The molecule has 25 heavy (non-hydrogen) atoms.